The highest BCUT2D eigenvalue weighted by Gasteiger charge is 2.16. The van der Waals surface area contributed by atoms with Crippen LogP contribution in [-0.4, -0.2) is 21.5 Å². The zero-order valence-electron chi connectivity index (χ0n) is 12.1. The molecule has 1 fully saturated rings. The van der Waals surface area contributed by atoms with Crippen LogP contribution in [0.1, 0.15) is 37.0 Å². The van der Waals surface area contributed by atoms with Gasteiger partial charge in [-0.15, -0.1) is 11.3 Å². The number of fused-ring (bicyclic) bond motifs is 1. The van der Waals surface area contributed by atoms with E-state index in [0.29, 0.717) is 5.39 Å². The summed E-state index contributed by atoms with van der Waals surface area (Å²) >= 11 is 1.50. The van der Waals surface area contributed by atoms with Gasteiger partial charge in [-0.3, -0.25) is 14.2 Å². The molecule has 0 bridgehead atoms. The van der Waals surface area contributed by atoms with Gasteiger partial charge in [-0.05, 0) is 25.8 Å². The molecule has 0 saturated heterocycles. The summed E-state index contributed by atoms with van der Waals surface area (Å²) < 4.78 is 1.40. The Morgan fingerprint density at radius 2 is 2.19 bits per heavy atom. The topological polar surface area (TPSA) is 64.0 Å². The lowest BCUT2D eigenvalue weighted by molar-refractivity contribution is -0.122. The molecule has 0 spiro atoms. The van der Waals surface area contributed by atoms with E-state index >= 15 is 0 Å². The van der Waals surface area contributed by atoms with Crippen molar-refractivity contribution >= 4 is 27.5 Å². The van der Waals surface area contributed by atoms with Gasteiger partial charge in [0.2, 0.25) is 5.91 Å². The maximum Gasteiger partial charge on any atom is 0.262 e. The Hall–Kier alpha value is -1.69. The Labute approximate surface area is 127 Å². The van der Waals surface area contributed by atoms with Gasteiger partial charge in [0, 0.05) is 10.9 Å². The first-order valence-electron chi connectivity index (χ1n) is 7.38. The largest absolute Gasteiger partial charge is 0.352 e. The fraction of sp³-hybridized carbons (Fsp3) is 0.533. The highest BCUT2D eigenvalue weighted by atomic mass is 32.1. The van der Waals surface area contributed by atoms with Gasteiger partial charge in [0.25, 0.3) is 5.56 Å². The number of nitrogens with one attached hydrogen (secondary N) is 1. The van der Waals surface area contributed by atoms with Crippen molar-refractivity contribution in [1.82, 2.24) is 14.9 Å². The van der Waals surface area contributed by atoms with Crippen LogP contribution < -0.4 is 10.9 Å². The van der Waals surface area contributed by atoms with Crippen molar-refractivity contribution < 1.29 is 4.79 Å². The fourth-order valence-corrected chi connectivity index (χ4v) is 3.71. The normalized spacial score (nSPS) is 16.2. The molecule has 1 aliphatic carbocycles. The number of carbonyl (C=O) groups excluding carboxylic acids is 1. The molecule has 1 amide bonds. The Kier molecular flexibility index (Phi) is 4.05. The number of nitrogens with zero attached hydrogens (tertiary/aromatic N) is 2. The van der Waals surface area contributed by atoms with Crippen molar-refractivity contribution in [3.8, 4) is 0 Å². The molecular weight excluding hydrogens is 286 g/mol. The minimum Gasteiger partial charge on any atom is -0.352 e. The van der Waals surface area contributed by atoms with Crippen LogP contribution in [0, 0.1) is 6.92 Å². The molecule has 21 heavy (non-hydrogen) atoms. The first-order valence-corrected chi connectivity index (χ1v) is 8.20. The number of carbonyl (C=O) groups is 1. The summed E-state index contributed by atoms with van der Waals surface area (Å²) in [7, 11) is 0. The van der Waals surface area contributed by atoms with Gasteiger partial charge in [-0.1, -0.05) is 19.3 Å². The average molecular weight is 305 g/mol. The number of amides is 1. The minimum absolute atomic E-state index is 0.0488. The summed E-state index contributed by atoms with van der Waals surface area (Å²) in [6, 6.07) is 2.10. The number of thiophene rings is 1. The van der Waals surface area contributed by atoms with E-state index in [9.17, 15) is 9.59 Å². The lowest BCUT2D eigenvalue weighted by Crippen LogP contribution is -2.39. The zero-order valence-corrected chi connectivity index (χ0v) is 12.9. The number of aromatic nitrogens is 2. The smallest absolute Gasteiger partial charge is 0.262 e. The summed E-state index contributed by atoms with van der Waals surface area (Å²) in [5.74, 6) is -0.0999. The maximum atomic E-state index is 12.3. The Morgan fingerprint density at radius 3 is 2.95 bits per heavy atom. The molecule has 2 heterocycles. The van der Waals surface area contributed by atoms with Crippen molar-refractivity contribution in [2.45, 2.75) is 51.6 Å². The molecule has 1 aliphatic rings. The molecular formula is C15H19N3O2S. The number of hydrogen-bond donors (Lipinski definition) is 1. The average Bonchev–Trinajstić information content (AvgIpc) is 2.85. The van der Waals surface area contributed by atoms with Gasteiger partial charge in [0.15, 0.2) is 0 Å². The molecule has 1 saturated carbocycles. The van der Waals surface area contributed by atoms with E-state index in [1.807, 2.05) is 13.0 Å². The van der Waals surface area contributed by atoms with Crippen molar-refractivity contribution in [2.75, 3.05) is 0 Å². The molecule has 6 heteroatoms. The third-order valence-electron chi connectivity index (χ3n) is 3.93. The molecule has 0 atom stereocenters. The minimum atomic E-state index is -0.136. The van der Waals surface area contributed by atoms with Crippen LogP contribution >= 0.6 is 11.3 Å². The number of aryl methyl sites for hydroxylation is 1. The Balaban J connectivity index is 1.73. The van der Waals surface area contributed by atoms with Gasteiger partial charge in [0.05, 0.1) is 11.7 Å². The van der Waals surface area contributed by atoms with Crippen LogP contribution in [0.5, 0.6) is 0 Å². The summed E-state index contributed by atoms with van der Waals surface area (Å²) in [6.07, 6.45) is 7.16. The van der Waals surface area contributed by atoms with Crippen molar-refractivity contribution in [3.05, 3.63) is 27.6 Å². The van der Waals surface area contributed by atoms with Gasteiger partial charge in [0.1, 0.15) is 11.4 Å². The standard InChI is InChI=1S/C15H19N3O2S/c1-10-7-12-14(21-10)16-9-18(15(12)20)8-13(19)17-11-5-3-2-4-6-11/h7,9,11H,2-6,8H2,1H3,(H,17,19). The fourth-order valence-electron chi connectivity index (χ4n) is 2.87. The van der Waals surface area contributed by atoms with E-state index in [-0.39, 0.29) is 24.1 Å². The number of rotatable bonds is 3. The third kappa shape index (κ3) is 3.15. The predicted octanol–water partition coefficient (Wildman–Crippen LogP) is 2.22. The van der Waals surface area contributed by atoms with Crippen LogP contribution in [0.2, 0.25) is 0 Å². The SMILES string of the molecule is Cc1cc2c(=O)n(CC(=O)NC3CCCCC3)cnc2s1. The summed E-state index contributed by atoms with van der Waals surface area (Å²) in [5.41, 5.74) is -0.136. The zero-order chi connectivity index (χ0) is 14.8. The van der Waals surface area contributed by atoms with Gasteiger partial charge in [-0.25, -0.2) is 4.98 Å². The van der Waals surface area contributed by atoms with Crippen molar-refractivity contribution in [3.63, 3.8) is 0 Å². The van der Waals surface area contributed by atoms with Crippen molar-refractivity contribution in [1.29, 1.82) is 0 Å². The third-order valence-corrected chi connectivity index (χ3v) is 4.88. The number of hydrogen-bond acceptors (Lipinski definition) is 4. The van der Waals surface area contributed by atoms with E-state index in [2.05, 4.69) is 10.3 Å². The molecule has 112 valence electrons. The molecule has 2 aromatic rings. The van der Waals surface area contributed by atoms with Gasteiger partial charge in [-0.2, -0.15) is 0 Å². The molecule has 3 rings (SSSR count). The molecule has 0 unspecified atom stereocenters. The van der Waals surface area contributed by atoms with Gasteiger partial charge >= 0.3 is 0 Å². The second-order valence-corrected chi connectivity index (χ2v) is 6.89. The van der Waals surface area contributed by atoms with Crippen molar-refractivity contribution in [2.24, 2.45) is 0 Å². The molecule has 5 nitrogen and oxygen atoms in total. The summed E-state index contributed by atoms with van der Waals surface area (Å²) in [5, 5.41) is 3.63. The summed E-state index contributed by atoms with van der Waals surface area (Å²) in [4.78, 5) is 30.5. The molecule has 2 aromatic heterocycles. The molecule has 0 aromatic carbocycles. The maximum absolute atomic E-state index is 12.3. The predicted molar refractivity (Wildman–Crippen MR) is 83.6 cm³/mol. The van der Waals surface area contributed by atoms with Crippen LogP contribution in [0.25, 0.3) is 10.2 Å². The quantitative estimate of drug-likeness (QED) is 0.945. The van der Waals surface area contributed by atoms with E-state index in [0.717, 1.165) is 22.5 Å². The molecule has 0 radical (unpaired) electrons. The van der Waals surface area contributed by atoms with E-state index in [1.54, 1.807) is 0 Å². The highest BCUT2D eigenvalue weighted by Crippen LogP contribution is 2.19. The van der Waals surface area contributed by atoms with E-state index in [4.69, 9.17) is 0 Å². The highest BCUT2D eigenvalue weighted by molar-refractivity contribution is 7.18. The van der Waals surface area contributed by atoms with Crippen LogP contribution in [0.4, 0.5) is 0 Å². The van der Waals surface area contributed by atoms with Crippen LogP contribution in [0.15, 0.2) is 17.2 Å². The Morgan fingerprint density at radius 1 is 1.43 bits per heavy atom. The lowest BCUT2D eigenvalue weighted by atomic mass is 9.95. The monoisotopic (exact) mass is 305 g/mol. The summed E-state index contributed by atoms with van der Waals surface area (Å²) in [6.45, 7) is 2.00. The molecule has 1 N–H and O–H groups in total. The van der Waals surface area contributed by atoms with Crippen LogP contribution in [-0.2, 0) is 11.3 Å². The van der Waals surface area contributed by atoms with E-state index in [1.165, 1.54) is 41.5 Å². The Bertz CT molecular complexity index is 713. The molecule has 0 aliphatic heterocycles. The van der Waals surface area contributed by atoms with Crippen LogP contribution in [0.3, 0.4) is 0 Å². The van der Waals surface area contributed by atoms with Gasteiger partial charge < -0.3 is 5.32 Å². The first-order chi connectivity index (χ1) is 10.1. The van der Waals surface area contributed by atoms with E-state index < -0.39 is 0 Å². The second-order valence-electron chi connectivity index (χ2n) is 5.66. The lowest BCUT2D eigenvalue weighted by Gasteiger charge is -2.22. The second kappa shape index (κ2) is 5.97. The first kappa shape index (κ1) is 14.3.